The number of halogens is 1. The molecule has 0 aliphatic carbocycles. The van der Waals surface area contributed by atoms with Crippen molar-refractivity contribution in [2.75, 3.05) is 65.4 Å². The third-order valence-corrected chi connectivity index (χ3v) is 5.38. The Balaban J connectivity index is 0.00000243. The highest BCUT2D eigenvalue weighted by Crippen LogP contribution is 2.22. The molecule has 6 nitrogen and oxygen atoms in total. The molecule has 1 aromatic rings. The van der Waals surface area contributed by atoms with E-state index in [1.54, 1.807) is 7.11 Å². The van der Waals surface area contributed by atoms with Crippen LogP contribution in [0.5, 0.6) is 5.75 Å². The summed E-state index contributed by atoms with van der Waals surface area (Å²) >= 11 is 0. The Morgan fingerprint density at radius 3 is 2.62 bits per heavy atom. The van der Waals surface area contributed by atoms with Crippen molar-refractivity contribution in [3.8, 4) is 5.75 Å². The smallest absolute Gasteiger partial charge is 0.193 e. The second kappa shape index (κ2) is 10.2. The number of guanidine groups is 1. The van der Waals surface area contributed by atoms with Crippen LogP contribution in [0, 0.1) is 0 Å². The maximum absolute atomic E-state index is 5.34. The topological polar surface area (TPSA) is 43.3 Å². The van der Waals surface area contributed by atoms with Gasteiger partial charge in [-0.1, -0.05) is 6.07 Å². The van der Waals surface area contributed by atoms with E-state index in [-0.39, 0.29) is 24.0 Å². The van der Waals surface area contributed by atoms with Gasteiger partial charge >= 0.3 is 0 Å². The molecule has 2 saturated heterocycles. The molecule has 146 valence electrons. The molecule has 0 radical (unpaired) electrons. The largest absolute Gasteiger partial charge is 0.497 e. The van der Waals surface area contributed by atoms with Crippen LogP contribution in [0.1, 0.15) is 12.8 Å². The molecule has 0 saturated carbocycles. The molecule has 0 aromatic heterocycles. The number of aliphatic imine (C=N–C) groups is 1. The minimum Gasteiger partial charge on any atom is -0.497 e. The summed E-state index contributed by atoms with van der Waals surface area (Å²) in [6.45, 7) is 6.16. The summed E-state index contributed by atoms with van der Waals surface area (Å²) < 4.78 is 5.34. The first-order valence-electron chi connectivity index (χ1n) is 9.26. The highest BCUT2D eigenvalue weighted by molar-refractivity contribution is 14.0. The van der Waals surface area contributed by atoms with Crippen molar-refractivity contribution in [2.24, 2.45) is 4.99 Å². The zero-order chi connectivity index (χ0) is 17.6. The van der Waals surface area contributed by atoms with E-state index in [9.17, 15) is 0 Å². The van der Waals surface area contributed by atoms with Crippen LogP contribution in [0.3, 0.4) is 0 Å². The number of piperazine rings is 1. The molecule has 1 atom stereocenters. The lowest BCUT2D eigenvalue weighted by molar-refractivity contribution is 0.303. The van der Waals surface area contributed by atoms with Gasteiger partial charge in [0.1, 0.15) is 5.75 Å². The van der Waals surface area contributed by atoms with E-state index in [0.29, 0.717) is 6.04 Å². The van der Waals surface area contributed by atoms with Gasteiger partial charge in [-0.2, -0.15) is 0 Å². The number of rotatable bonds is 4. The van der Waals surface area contributed by atoms with Crippen molar-refractivity contribution in [1.29, 1.82) is 0 Å². The molecule has 1 unspecified atom stereocenters. The van der Waals surface area contributed by atoms with Crippen molar-refractivity contribution in [2.45, 2.75) is 18.9 Å². The fraction of sp³-hybridized carbons (Fsp3) is 0.632. The van der Waals surface area contributed by atoms with Gasteiger partial charge in [0, 0.05) is 57.6 Å². The normalized spacial score (nSPS) is 21.5. The maximum atomic E-state index is 5.34. The molecule has 2 aliphatic rings. The summed E-state index contributed by atoms with van der Waals surface area (Å²) in [7, 11) is 5.82. The Labute approximate surface area is 174 Å². The molecule has 1 aromatic carbocycles. The third kappa shape index (κ3) is 5.16. The molecule has 1 N–H and O–H groups in total. The lowest BCUT2D eigenvalue weighted by Gasteiger charge is -2.38. The van der Waals surface area contributed by atoms with Crippen molar-refractivity contribution in [1.82, 2.24) is 15.1 Å². The number of likely N-dealkylation sites (N-methyl/N-ethyl adjacent to an activating group) is 1. The van der Waals surface area contributed by atoms with Crippen molar-refractivity contribution < 1.29 is 4.74 Å². The number of anilines is 1. The first-order chi connectivity index (χ1) is 12.2. The first kappa shape index (κ1) is 21.1. The fourth-order valence-electron chi connectivity index (χ4n) is 3.76. The molecule has 0 spiro atoms. The first-order valence-corrected chi connectivity index (χ1v) is 9.26. The molecular formula is C19H32IN5O. The van der Waals surface area contributed by atoms with Crippen LogP contribution in [-0.4, -0.2) is 82.3 Å². The molecule has 7 heteroatoms. The SMILES string of the molecule is CN=C(NCC1CCCN1C)N1CCN(c2cccc(OC)c2)CC1.I. The second-order valence-corrected chi connectivity index (χ2v) is 6.88. The monoisotopic (exact) mass is 473 g/mol. The number of ether oxygens (including phenoxy) is 1. The molecule has 2 heterocycles. The van der Waals surface area contributed by atoms with E-state index in [1.807, 2.05) is 13.1 Å². The van der Waals surface area contributed by atoms with E-state index in [2.05, 4.69) is 50.3 Å². The number of benzene rings is 1. The van der Waals surface area contributed by atoms with E-state index in [0.717, 1.165) is 44.4 Å². The minimum atomic E-state index is 0. The van der Waals surface area contributed by atoms with Gasteiger partial charge < -0.3 is 24.8 Å². The molecular weight excluding hydrogens is 441 g/mol. The average Bonchev–Trinajstić information content (AvgIpc) is 3.08. The standard InChI is InChI=1S/C19H31N5O.HI/c1-20-19(21-15-17-7-5-9-22(17)2)24-12-10-23(11-13-24)16-6-4-8-18(14-16)25-3;/h4,6,8,14,17H,5,7,9-13,15H2,1-3H3,(H,20,21);1H. The van der Waals surface area contributed by atoms with Crippen LogP contribution in [-0.2, 0) is 0 Å². The number of nitrogens with one attached hydrogen (secondary N) is 1. The Morgan fingerprint density at radius 2 is 2.00 bits per heavy atom. The Hall–Kier alpha value is -1.22. The van der Waals surface area contributed by atoms with E-state index >= 15 is 0 Å². The molecule has 26 heavy (non-hydrogen) atoms. The molecule has 2 aliphatic heterocycles. The lowest BCUT2D eigenvalue weighted by Crippen LogP contribution is -2.54. The van der Waals surface area contributed by atoms with E-state index in [4.69, 9.17) is 4.74 Å². The zero-order valence-corrected chi connectivity index (χ0v) is 18.5. The summed E-state index contributed by atoms with van der Waals surface area (Å²) in [5.74, 6) is 1.95. The van der Waals surface area contributed by atoms with Gasteiger partial charge in [-0.15, -0.1) is 24.0 Å². The van der Waals surface area contributed by atoms with Crippen molar-refractivity contribution in [3.05, 3.63) is 24.3 Å². The molecule has 3 rings (SSSR count). The number of hydrogen-bond acceptors (Lipinski definition) is 4. The van der Waals surface area contributed by atoms with Gasteiger partial charge in [-0.05, 0) is 38.6 Å². The summed E-state index contributed by atoms with van der Waals surface area (Å²) in [6.07, 6.45) is 2.59. The molecule has 2 fully saturated rings. The number of nitrogens with zero attached hydrogens (tertiary/aromatic N) is 4. The Bertz CT molecular complexity index is 589. The summed E-state index contributed by atoms with van der Waals surface area (Å²) in [5, 5.41) is 3.58. The average molecular weight is 473 g/mol. The van der Waals surface area contributed by atoms with Gasteiger partial charge in [-0.3, -0.25) is 4.99 Å². The van der Waals surface area contributed by atoms with Crippen LogP contribution in [0.25, 0.3) is 0 Å². The molecule has 0 bridgehead atoms. The van der Waals surface area contributed by atoms with Gasteiger partial charge in [-0.25, -0.2) is 0 Å². The van der Waals surface area contributed by atoms with Crippen LogP contribution in [0.4, 0.5) is 5.69 Å². The van der Waals surface area contributed by atoms with Gasteiger partial charge in [0.05, 0.1) is 7.11 Å². The molecule has 0 amide bonds. The Kier molecular flexibility index (Phi) is 8.27. The quantitative estimate of drug-likeness (QED) is 0.413. The predicted octanol–water partition coefficient (Wildman–Crippen LogP) is 2.10. The Morgan fingerprint density at radius 1 is 1.23 bits per heavy atom. The van der Waals surface area contributed by atoms with Crippen LogP contribution in [0.15, 0.2) is 29.3 Å². The summed E-state index contributed by atoms with van der Waals surface area (Å²) in [6, 6.07) is 8.94. The van der Waals surface area contributed by atoms with Gasteiger partial charge in [0.15, 0.2) is 5.96 Å². The number of likely N-dealkylation sites (tertiary alicyclic amines) is 1. The van der Waals surface area contributed by atoms with Gasteiger partial charge in [0.2, 0.25) is 0 Å². The zero-order valence-electron chi connectivity index (χ0n) is 16.1. The van der Waals surface area contributed by atoms with Crippen LogP contribution < -0.4 is 15.0 Å². The fourth-order valence-corrected chi connectivity index (χ4v) is 3.76. The lowest BCUT2D eigenvalue weighted by atomic mass is 10.2. The predicted molar refractivity (Wildman–Crippen MR) is 119 cm³/mol. The highest BCUT2D eigenvalue weighted by Gasteiger charge is 2.23. The van der Waals surface area contributed by atoms with Crippen LogP contribution in [0.2, 0.25) is 0 Å². The van der Waals surface area contributed by atoms with E-state index < -0.39 is 0 Å². The van der Waals surface area contributed by atoms with Crippen LogP contribution >= 0.6 is 24.0 Å². The maximum Gasteiger partial charge on any atom is 0.193 e. The highest BCUT2D eigenvalue weighted by atomic mass is 127. The van der Waals surface area contributed by atoms with Gasteiger partial charge in [0.25, 0.3) is 0 Å². The number of hydrogen-bond donors (Lipinski definition) is 1. The van der Waals surface area contributed by atoms with Crippen molar-refractivity contribution >= 4 is 35.6 Å². The minimum absolute atomic E-state index is 0. The summed E-state index contributed by atoms with van der Waals surface area (Å²) in [5.41, 5.74) is 1.23. The van der Waals surface area contributed by atoms with Crippen molar-refractivity contribution in [3.63, 3.8) is 0 Å². The van der Waals surface area contributed by atoms with E-state index in [1.165, 1.54) is 25.1 Å². The third-order valence-electron chi connectivity index (χ3n) is 5.38. The summed E-state index contributed by atoms with van der Waals surface area (Å²) in [4.78, 5) is 11.7. The second-order valence-electron chi connectivity index (χ2n) is 6.88. The number of methoxy groups -OCH3 is 1.